The summed E-state index contributed by atoms with van der Waals surface area (Å²) >= 11 is -2.24. The minimum atomic E-state index is -2.24. The van der Waals surface area contributed by atoms with E-state index in [2.05, 4.69) is 39.4 Å². The van der Waals surface area contributed by atoms with Crippen LogP contribution >= 0.6 is 0 Å². The van der Waals surface area contributed by atoms with Crippen LogP contribution in [0.15, 0.2) is 126 Å². The van der Waals surface area contributed by atoms with Gasteiger partial charge in [0.2, 0.25) is 0 Å². The minimum absolute atomic E-state index is 0. The molecular weight excluding hydrogens is 813 g/mol. The Bertz CT molecular complexity index is 2500. The molecular formula is C42H40GeIrN2O-2. The molecule has 239 valence electrons. The van der Waals surface area contributed by atoms with Gasteiger partial charge in [0.15, 0.2) is 0 Å². The summed E-state index contributed by atoms with van der Waals surface area (Å²) in [5.74, 6) is 6.86. The first-order valence-electron chi connectivity index (χ1n) is 19.2. The second-order valence-electron chi connectivity index (χ2n) is 13.1. The first-order valence-corrected chi connectivity index (χ1v) is 22.5. The predicted octanol–water partition coefficient (Wildman–Crippen LogP) is 10.8. The zero-order valence-electron chi connectivity index (χ0n) is 35.2. The maximum absolute atomic E-state index is 8.76. The van der Waals surface area contributed by atoms with Crippen LogP contribution in [0.2, 0.25) is 17.3 Å². The van der Waals surface area contributed by atoms with Crippen molar-refractivity contribution < 1.29 is 35.5 Å². The van der Waals surface area contributed by atoms with Crippen LogP contribution in [0.3, 0.4) is 0 Å². The average molecular weight is 862 g/mol. The van der Waals surface area contributed by atoms with E-state index in [-0.39, 0.29) is 49.8 Å². The van der Waals surface area contributed by atoms with Crippen LogP contribution in [0.25, 0.3) is 55.6 Å². The van der Waals surface area contributed by atoms with Gasteiger partial charge in [-0.1, -0.05) is 65.4 Å². The van der Waals surface area contributed by atoms with Gasteiger partial charge in [0.25, 0.3) is 0 Å². The Labute approximate surface area is 306 Å². The van der Waals surface area contributed by atoms with Gasteiger partial charge in [-0.2, -0.15) is 0 Å². The number of hydrogen-bond acceptors (Lipinski definition) is 3. The number of furan rings is 1. The van der Waals surface area contributed by atoms with E-state index in [0.29, 0.717) is 34.0 Å². The summed E-state index contributed by atoms with van der Waals surface area (Å²) in [6, 6.07) is 26.7. The molecule has 7 aromatic rings. The normalized spacial score (nSPS) is 14.3. The smallest absolute Gasteiger partial charge is 0.121 e. The molecule has 7 rings (SSSR count). The molecule has 3 aromatic heterocycles. The standard InChI is InChI=1S/C23H14NO.C19H26GeN.Ir/c1-2-7-16(8-3-1)17-12-13-18-19-9-6-10-20(21-11-4-5-14-24-21)23(19)25-22(18)15-17;1-19(2,3)13-16-12-18(15-10-8-7-9-11-15)21-14-17(16)20(4,5)6;/h1-9,11-15H;7-10,12,14H,13H2,1-6H3;/q2*-1;/i1D,2D,3D,4D,7D,8D;13D2;. The first kappa shape index (κ1) is 25.2. The van der Waals surface area contributed by atoms with Crippen molar-refractivity contribution in [2.75, 3.05) is 0 Å². The van der Waals surface area contributed by atoms with Gasteiger partial charge in [-0.3, -0.25) is 0 Å². The fourth-order valence-corrected chi connectivity index (χ4v) is 8.13. The zero-order chi connectivity index (χ0) is 39.3. The van der Waals surface area contributed by atoms with E-state index in [9.17, 15) is 0 Å². The molecule has 0 fully saturated rings. The third-order valence-corrected chi connectivity index (χ3v) is 11.5. The molecule has 0 N–H and O–H groups in total. The Morgan fingerprint density at radius 2 is 1.62 bits per heavy atom. The fraction of sp³-hybridized carbons (Fsp3) is 0.190. The van der Waals surface area contributed by atoms with Crippen LogP contribution in [0, 0.1) is 17.5 Å². The van der Waals surface area contributed by atoms with Gasteiger partial charge in [-0.05, 0) is 29.0 Å². The summed E-state index contributed by atoms with van der Waals surface area (Å²) in [5, 5.41) is 1.66. The Balaban J connectivity index is 0.000000217. The SMILES string of the molecule is [2H]C([2H])(c1cc(-c2[c-]cccc2)nc[c]1[Ge]([CH3])([CH3])[CH3])C(C)(C)C.[2H]c1ccnc(-c2[c-]ccc3c2oc2cc(-c4c([2H])c([2H])c([2H])c([2H])c4[2H])ccc23)c1.[Ir]. The molecule has 3 heterocycles. The maximum atomic E-state index is 8.76. The number of hydrogen-bond donors (Lipinski definition) is 0. The quantitative estimate of drug-likeness (QED) is 0.128. The van der Waals surface area contributed by atoms with Crippen molar-refractivity contribution in [3.8, 4) is 33.6 Å². The molecule has 3 nitrogen and oxygen atoms in total. The van der Waals surface area contributed by atoms with Crippen LogP contribution in [-0.4, -0.2) is 23.2 Å². The van der Waals surface area contributed by atoms with Gasteiger partial charge in [-0.15, -0.1) is 18.2 Å². The van der Waals surface area contributed by atoms with Gasteiger partial charge >= 0.3 is 135 Å². The molecule has 0 amide bonds. The number of benzene rings is 4. The average Bonchev–Trinajstić information content (AvgIpc) is 3.51. The van der Waals surface area contributed by atoms with Crippen molar-refractivity contribution in [3.63, 3.8) is 0 Å². The fourth-order valence-electron chi connectivity index (χ4n) is 5.20. The van der Waals surface area contributed by atoms with Gasteiger partial charge in [0.05, 0.1) is 13.8 Å². The molecule has 5 heteroatoms. The minimum Gasteiger partial charge on any atom is -0.501 e. The van der Waals surface area contributed by atoms with E-state index in [4.69, 9.17) is 15.4 Å². The van der Waals surface area contributed by atoms with Gasteiger partial charge in [0.1, 0.15) is 5.58 Å². The number of rotatable bonds is 5. The molecule has 0 aliphatic carbocycles. The van der Waals surface area contributed by atoms with Crippen molar-refractivity contribution >= 4 is 39.6 Å². The molecule has 0 aliphatic rings. The van der Waals surface area contributed by atoms with Gasteiger partial charge in [-0.25, -0.2) is 0 Å². The molecule has 0 saturated heterocycles. The molecule has 0 atom stereocenters. The zero-order valence-corrected chi connectivity index (χ0v) is 31.7. The van der Waals surface area contributed by atoms with Gasteiger partial charge < -0.3 is 9.40 Å². The number of fused-ring (bicyclic) bond motifs is 3. The summed E-state index contributed by atoms with van der Waals surface area (Å²) < 4.78 is 72.7. The monoisotopic (exact) mass is 863 g/mol. The summed E-state index contributed by atoms with van der Waals surface area (Å²) in [4.78, 5) is 8.95. The Morgan fingerprint density at radius 1 is 0.809 bits per heavy atom. The molecule has 0 spiro atoms. The van der Waals surface area contributed by atoms with E-state index in [1.54, 1.807) is 36.5 Å². The van der Waals surface area contributed by atoms with Crippen LogP contribution < -0.4 is 4.40 Å². The summed E-state index contributed by atoms with van der Waals surface area (Å²) in [5.41, 5.74) is 4.92. The molecule has 0 bridgehead atoms. The predicted molar refractivity (Wildman–Crippen MR) is 196 cm³/mol. The molecule has 4 aromatic carbocycles. The molecule has 0 unspecified atom stereocenters. The van der Waals surface area contributed by atoms with E-state index in [1.165, 1.54) is 0 Å². The van der Waals surface area contributed by atoms with Gasteiger partial charge in [0, 0.05) is 31.7 Å². The van der Waals surface area contributed by atoms with Crippen LogP contribution in [0.5, 0.6) is 0 Å². The Morgan fingerprint density at radius 3 is 2.32 bits per heavy atom. The van der Waals surface area contributed by atoms with Crippen LogP contribution in [-0.2, 0) is 26.5 Å². The van der Waals surface area contributed by atoms with Crippen LogP contribution in [0.4, 0.5) is 0 Å². The molecule has 47 heavy (non-hydrogen) atoms. The second-order valence-corrected chi connectivity index (χ2v) is 23.6. The van der Waals surface area contributed by atoms with E-state index >= 15 is 0 Å². The van der Waals surface area contributed by atoms with Crippen LogP contribution in [0.1, 0.15) is 37.3 Å². The Kier molecular flexibility index (Phi) is 7.79. The second kappa shape index (κ2) is 14.5. The number of aromatic nitrogens is 2. The van der Waals surface area contributed by atoms with E-state index in [0.717, 1.165) is 32.0 Å². The number of pyridine rings is 2. The molecule has 0 saturated carbocycles. The summed E-state index contributed by atoms with van der Waals surface area (Å²) in [6.07, 6.45) is 2.06. The molecule has 0 aliphatic heterocycles. The van der Waals surface area contributed by atoms with Crippen molar-refractivity contribution in [1.29, 1.82) is 0 Å². The first-order chi connectivity index (χ1) is 25.3. The van der Waals surface area contributed by atoms with E-state index < -0.39 is 31.1 Å². The largest absolute Gasteiger partial charge is 0.501 e. The third-order valence-electron chi connectivity index (χ3n) is 7.29. The Hall–Kier alpha value is -3.83. The number of nitrogens with zero attached hydrogens (tertiary/aromatic N) is 2. The third kappa shape index (κ3) is 8.19. The topological polar surface area (TPSA) is 38.9 Å². The van der Waals surface area contributed by atoms with Crippen molar-refractivity contribution in [2.45, 2.75) is 44.4 Å². The maximum Gasteiger partial charge on any atom is 0.121 e. The van der Waals surface area contributed by atoms with Crippen molar-refractivity contribution in [1.82, 2.24) is 9.97 Å². The molecule has 1 radical (unpaired) electrons. The summed E-state index contributed by atoms with van der Waals surface area (Å²) in [6.45, 7) is 5.88. The van der Waals surface area contributed by atoms with Crippen molar-refractivity contribution in [2.24, 2.45) is 5.41 Å². The van der Waals surface area contributed by atoms with Crippen molar-refractivity contribution in [3.05, 3.63) is 139 Å². The summed E-state index contributed by atoms with van der Waals surface area (Å²) in [7, 11) is 0. The van der Waals surface area contributed by atoms with E-state index in [1.807, 2.05) is 69.4 Å².